The Bertz CT molecular complexity index is 802. The molecule has 0 atom stereocenters. The molecular formula is C23H29N3O2. The summed E-state index contributed by atoms with van der Waals surface area (Å²) in [6, 6.07) is 16.5. The van der Waals surface area contributed by atoms with Crippen LogP contribution in [0.3, 0.4) is 0 Å². The van der Waals surface area contributed by atoms with Gasteiger partial charge in [-0.15, -0.1) is 0 Å². The minimum absolute atomic E-state index is 0.0824. The van der Waals surface area contributed by atoms with Gasteiger partial charge in [-0.2, -0.15) is 0 Å². The van der Waals surface area contributed by atoms with Gasteiger partial charge in [-0.1, -0.05) is 24.3 Å². The van der Waals surface area contributed by atoms with E-state index in [1.807, 2.05) is 24.3 Å². The number of amides is 1. The summed E-state index contributed by atoms with van der Waals surface area (Å²) in [6.45, 7) is 4.10. The molecule has 0 saturated heterocycles. The third-order valence-electron chi connectivity index (χ3n) is 5.61. The van der Waals surface area contributed by atoms with Crippen molar-refractivity contribution in [2.45, 2.75) is 19.3 Å². The van der Waals surface area contributed by atoms with E-state index in [0.717, 1.165) is 37.7 Å². The van der Waals surface area contributed by atoms with Gasteiger partial charge in [-0.05, 0) is 55.0 Å². The maximum absolute atomic E-state index is 12.5. The zero-order chi connectivity index (χ0) is 19.3. The average Bonchev–Trinajstić information content (AvgIpc) is 3.54. The van der Waals surface area contributed by atoms with E-state index >= 15 is 0 Å². The van der Waals surface area contributed by atoms with Crippen LogP contribution in [0, 0.1) is 5.92 Å². The number of carbonyl (C=O) groups excluding carboxylic acids is 1. The average molecular weight is 380 g/mol. The van der Waals surface area contributed by atoms with E-state index in [2.05, 4.69) is 39.4 Å². The van der Waals surface area contributed by atoms with Crippen molar-refractivity contribution in [1.29, 1.82) is 0 Å². The molecule has 5 heteroatoms. The number of hydrogen-bond acceptors (Lipinski definition) is 4. The Morgan fingerprint density at radius 1 is 1.04 bits per heavy atom. The minimum Gasteiger partial charge on any atom is -0.497 e. The number of benzene rings is 2. The smallest absolute Gasteiger partial charge is 0.239 e. The SMILES string of the molecule is COc1ccc(CCNC(=O)CN2CCN(CC3CC3)c3ccccc32)cc1. The molecule has 0 unspecified atom stereocenters. The van der Waals surface area contributed by atoms with Crippen LogP contribution in [0.25, 0.3) is 0 Å². The summed E-state index contributed by atoms with van der Waals surface area (Å²) in [5.41, 5.74) is 3.64. The summed E-state index contributed by atoms with van der Waals surface area (Å²) in [7, 11) is 1.67. The lowest BCUT2D eigenvalue weighted by atomic mass is 10.1. The summed E-state index contributed by atoms with van der Waals surface area (Å²) >= 11 is 0. The van der Waals surface area contributed by atoms with E-state index in [-0.39, 0.29) is 5.91 Å². The number of nitrogens with zero attached hydrogens (tertiary/aromatic N) is 2. The van der Waals surface area contributed by atoms with E-state index in [1.54, 1.807) is 7.11 Å². The number of nitrogens with one attached hydrogen (secondary N) is 1. The maximum atomic E-state index is 12.5. The van der Waals surface area contributed by atoms with Gasteiger partial charge < -0.3 is 19.9 Å². The molecule has 1 saturated carbocycles. The second kappa shape index (κ2) is 8.55. The van der Waals surface area contributed by atoms with Gasteiger partial charge in [0.25, 0.3) is 0 Å². The molecule has 2 aromatic carbocycles. The van der Waals surface area contributed by atoms with Crippen LogP contribution < -0.4 is 19.9 Å². The van der Waals surface area contributed by atoms with Crippen molar-refractivity contribution < 1.29 is 9.53 Å². The van der Waals surface area contributed by atoms with Crippen molar-refractivity contribution in [3.63, 3.8) is 0 Å². The summed E-state index contributed by atoms with van der Waals surface area (Å²) in [5, 5.41) is 3.07. The predicted molar refractivity (Wildman–Crippen MR) is 113 cm³/mol. The van der Waals surface area contributed by atoms with Crippen LogP contribution in [0.1, 0.15) is 18.4 Å². The van der Waals surface area contributed by atoms with Gasteiger partial charge in [0.1, 0.15) is 5.75 Å². The van der Waals surface area contributed by atoms with Gasteiger partial charge in [0.05, 0.1) is 25.0 Å². The molecule has 1 aliphatic heterocycles. The van der Waals surface area contributed by atoms with Gasteiger partial charge in [-0.3, -0.25) is 4.79 Å². The van der Waals surface area contributed by atoms with Gasteiger partial charge in [0, 0.05) is 26.2 Å². The lowest BCUT2D eigenvalue weighted by Crippen LogP contribution is -2.46. The van der Waals surface area contributed by atoms with E-state index in [1.165, 1.54) is 29.8 Å². The quantitative estimate of drug-likeness (QED) is 0.766. The van der Waals surface area contributed by atoms with Gasteiger partial charge in [0.2, 0.25) is 5.91 Å². The number of methoxy groups -OCH3 is 1. The van der Waals surface area contributed by atoms with E-state index in [0.29, 0.717) is 13.1 Å². The molecule has 2 aliphatic rings. The second-order valence-corrected chi connectivity index (χ2v) is 7.75. The summed E-state index contributed by atoms with van der Waals surface area (Å²) < 4.78 is 5.18. The lowest BCUT2D eigenvalue weighted by Gasteiger charge is -2.38. The van der Waals surface area contributed by atoms with Crippen molar-refractivity contribution in [3.05, 3.63) is 54.1 Å². The van der Waals surface area contributed by atoms with Crippen LogP contribution in [0.2, 0.25) is 0 Å². The standard InChI is InChI=1S/C23H29N3O2/c1-28-20-10-8-18(9-11-20)12-13-24-23(27)17-26-15-14-25(16-19-6-7-19)21-4-2-3-5-22(21)26/h2-5,8-11,19H,6-7,12-17H2,1H3,(H,24,27). The molecule has 1 amide bonds. The number of rotatable bonds is 8. The highest BCUT2D eigenvalue weighted by Crippen LogP contribution is 2.37. The highest BCUT2D eigenvalue weighted by molar-refractivity contribution is 5.84. The molecule has 1 heterocycles. The summed E-state index contributed by atoms with van der Waals surface area (Å²) in [6.07, 6.45) is 3.54. The molecular weight excluding hydrogens is 350 g/mol. The Morgan fingerprint density at radius 3 is 2.39 bits per heavy atom. The first-order valence-electron chi connectivity index (χ1n) is 10.2. The van der Waals surface area contributed by atoms with E-state index in [9.17, 15) is 4.79 Å². The Hall–Kier alpha value is -2.69. The molecule has 0 aromatic heterocycles. The van der Waals surface area contributed by atoms with E-state index in [4.69, 9.17) is 4.74 Å². The normalized spacial score (nSPS) is 15.9. The number of ether oxygens (including phenoxy) is 1. The van der Waals surface area contributed by atoms with Gasteiger partial charge in [-0.25, -0.2) is 0 Å². The molecule has 28 heavy (non-hydrogen) atoms. The second-order valence-electron chi connectivity index (χ2n) is 7.75. The van der Waals surface area contributed by atoms with Crippen molar-refractivity contribution in [1.82, 2.24) is 5.32 Å². The Labute approximate surface area is 167 Å². The number of para-hydroxylation sites is 2. The number of hydrogen-bond donors (Lipinski definition) is 1. The fourth-order valence-electron chi connectivity index (χ4n) is 3.81. The summed E-state index contributed by atoms with van der Waals surface area (Å²) in [5.74, 6) is 1.80. The minimum atomic E-state index is 0.0824. The molecule has 1 fully saturated rings. The molecule has 0 spiro atoms. The van der Waals surface area contributed by atoms with Crippen LogP contribution >= 0.6 is 0 Å². The molecule has 1 N–H and O–H groups in total. The van der Waals surface area contributed by atoms with Crippen molar-refractivity contribution >= 4 is 17.3 Å². The largest absolute Gasteiger partial charge is 0.497 e. The number of anilines is 2. The fourth-order valence-corrected chi connectivity index (χ4v) is 3.81. The molecule has 148 valence electrons. The molecule has 5 nitrogen and oxygen atoms in total. The third-order valence-corrected chi connectivity index (χ3v) is 5.61. The van der Waals surface area contributed by atoms with Crippen LogP contribution in [-0.2, 0) is 11.2 Å². The fraction of sp³-hybridized carbons (Fsp3) is 0.435. The number of fused-ring (bicyclic) bond motifs is 1. The first-order valence-corrected chi connectivity index (χ1v) is 10.2. The Kier molecular flexibility index (Phi) is 5.70. The third kappa shape index (κ3) is 4.58. The van der Waals surface area contributed by atoms with Crippen LogP contribution in [-0.4, -0.2) is 45.7 Å². The predicted octanol–water partition coefficient (Wildman–Crippen LogP) is 3.09. The van der Waals surface area contributed by atoms with E-state index < -0.39 is 0 Å². The van der Waals surface area contributed by atoms with Crippen molar-refractivity contribution in [2.24, 2.45) is 5.92 Å². The Morgan fingerprint density at radius 2 is 1.71 bits per heavy atom. The lowest BCUT2D eigenvalue weighted by molar-refractivity contribution is -0.119. The molecule has 2 aromatic rings. The van der Waals surface area contributed by atoms with Crippen LogP contribution in [0.5, 0.6) is 5.75 Å². The van der Waals surface area contributed by atoms with Crippen LogP contribution in [0.4, 0.5) is 11.4 Å². The van der Waals surface area contributed by atoms with Gasteiger partial charge >= 0.3 is 0 Å². The van der Waals surface area contributed by atoms with Crippen molar-refractivity contribution in [2.75, 3.05) is 49.6 Å². The highest BCUT2D eigenvalue weighted by atomic mass is 16.5. The summed E-state index contributed by atoms with van der Waals surface area (Å²) in [4.78, 5) is 17.2. The highest BCUT2D eigenvalue weighted by Gasteiger charge is 2.29. The molecule has 4 rings (SSSR count). The van der Waals surface area contributed by atoms with Crippen molar-refractivity contribution in [3.8, 4) is 5.75 Å². The number of carbonyl (C=O) groups is 1. The first kappa shape index (κ1) is 18.7. The zero-order valence-corrected chi connectivity index (χ0v) is 16.6. The monoisotopic (exact) mass is 379 g/mol. The molecule has 0 radical (unpaired) electrons. The topological polar surface area (TPSA) is 44.8 Å². The maximum Gasteiger partial charge on any atom is 0.239 e. The van der Waals surface area contributed by atoms with Crippen LogP contribution in [0.15, 0.2) is 48.5 Å². The first-order chi connectivity index (χ1) is 13.7. The molecule has 0 bridgehead atoms. The zero-order valence-electron chi connectivity index (χ0n) is 16.6. The van der Waals surface area contributed by atoms with Gasteiger partial charge in [0.15, 0.2) is 0 Å². The Balaban J connectivity index is 1.29. The molecule has 1 aliphatic carbocycles.